The number of benzene rings is 3. The van der Waals surface area contributed by atoms with Gasteiger partial charge in [-0.2, -0.15) is 13.2 Å². The molecule has 0 radical (unpaired) electrons. The SMILES string of the molecule is Cc1ccc(NC(=O)[C@](C)(CS(=O)(=O)c2ccc(C(F)(F)F)cc2)c2ccc(C)cc2)cc1. The van der Waals surface area contributed by atoms with E-state index in [1.54, 1.807) is 36.4 Å². The van der Waals surface area contributed by atoms with E-state index in [2.05, 4.69) is 5.32 Å². The maximum atomic E-state index is 13.4. The number of alkyl halides is 3. The average molecular weight is 476 g/mol. The van der Waals surface area contributed by atoms with Gasteiger partial charge in [0.1, 0.15) is 0 Å². The Morgan fingerprint density at radius 3 is 1.73 bits per heavy atom. The first-order valence-corrected chi connectivity index (χ1v) is 11.8. The summed E-state index contributed by atoms with van der Waals surface area (Å²) in [5, 5.41) is 2.77. The van der Waals surface area contributed by atoms with Gasteiger partial charge in [0.25, 0.3) is 0 Å². The minimum absolute atomic E-state index is 0.281. The summed E-state index contributed by atoms with van der Waals surface area (Å²) in [4.78, 5) is 13.1. The van der Waals surface area contributed by atoms with Crippen LogP contribution in [-0.2, 0) is 26.2 Å². The van der Waals surface area contributed by atoms with Crippen LogP contribution in [0.25, 0.3) is 0 Å². The fraction of sp³-hybridized carbons (Fsp3) is 0.240. The lowest BCUT2D eigenvalue weighted by Crippen LogP contribution is -2.43. The van der Waals surface area contributed by atoms with Crippen LogP contribution in [0, 0.1) is 13.8 Å². The van der Waals surface area contributed by atoms with E-state index in [1.165, 1.54) is 6.92 Å². The van der Waals surface area contributed by atoms with Gasteiger partial charge in [-0.1, -0.05) is 47.5 Å². The normalized spacial score (nSPS) is 13.9. The van der Waals surface area contributed by atoms with E-state index in [-0.39, 0.29) is 4.90 Å². The van der Waals surface area contributed by atoms with E-state index in [1.807, 2.05) is 26.0 Å². The highest BCUT2D eigenvalue weighted by molar-refractivity contribution is 7.91. The summed E-state index contributed by atoms with van der Waals surface area (Å²) in [7, 11) is -4.11. The van der Waals surface area contributed by atoms with Crippen LogP contribution >= 0.6 is 0 Å². The lowest BCUT2D eigenvalue weighted by atomic mass is 9.83. The number of rotatable bonds is 6. The molecule has 4 nitrogen and oxygen atoms in total. The maximum Gasteiger partial charge on any atom is 0.416 e. The first-order valence-electron chi connectivity index (χ1n) is 10.2. The van der Waals surface area contributed by atoms with Crippen LogP contribution in [0.2, 0.25) is 0 Å². The van der Waals surface area contributed by atoms with E-state index in [9.17, 15) is 26.4 Å². The summed E-state index contributed by atoms with van der Waals surface area (Å²) in [6.07, 6.45) is -4.58. The van der Waals surface area contributed by atoms with Gasteiger partial charge in [0.2, 0.25) is 5.91 Å². The predicted molar refractivity (Wildman–Crippen MR) is 122 cm³/mol. The number of amides is 1. The number of sulfone groups is 1. The van der Waals surface area contributed by atoms with Crippen molar-refractivity contribution in [2.45, 2.75) is 37.3 Å². The van der Waals surface area contributed by atoms with Gasteiger partial charge in [-0.3, -0.25) is 4.79 Å². The number of anilines is 1. The second kappa shape index (κ2) is 9.02. The van der Waals surface area contributed by atoms with Crippen LogP contribution < -0.4 is 5.32 Å². The average Bonchev–Trinajstić information content (AvgIpc) is 2.75. The van der Waals surface area contributed by atoms with E-state index in [0.717, 1.165) is 35.4 Å². The van der Waals surface area contributed by atoms with Gasteiger partial charge in [0.15, 0.2) is 9.84 Å². The van der Waals surface area contributed by atoms with Gasteiger partial charge in [-0.15, -0.1) is 0 Å². The molecule has 1 N–H and O–H groups in total. The summed E-state index contributed by atoms with van der Waals surface area (Å²) in [6.45, 7) is 5.29. The van der Waals surface area contributed by atoms with Crippen molar-refractivity contribution in [3.05, 3.63) is 95.1 Å². The standard InChI is InChI=1S/C25H24F3NO3S/c1-17-4-8-19(9-5-17)24(3,23(30)29-21-12-6-18(2)7-13-21)16-33(31,32)22-14-10-20(11-15-22)25(26,27)28/h4-15H,16H2,1-3H3,(H,29,30)/t24-/m1/s1. The molecule has 1 atom stereocenters. The monoisotopic (exact) mass is 475 g/mol. The Kier molecular flexibility index (Phi) is 6.70. The van der Waals surface area contributed by atoms with Crippen LogP contribution in [0.4, 0.5) is 18.9 Å². The molecular weight excluding hydrogens is 451 g/mol. The van der Waals surface area contributed by atoms with Crippen molar-refractivity contribution in [2.75, 3.05) is 11.1 Å². The molecule has 174 valence electrons. The summed E-state index contributed by atoms with van der Waals surface area (Å²) in [5.41, 5.74) is 0.480. The van der Waals surface area contributed by atoms with E-state index in [0.29, 0.717) is 11.3 Å². The molecule has 0 saturated carbocycles. The second-order valence-electron chi connectivity index (χ2n) is 8.30. The molecule has 0 aliphatic rings. The molecule has 0 unspecified atom stereocenters. The molecular formula is C25H24F3NO3S. The Bertz CT molecular complexity index is 1230. The molecule has 3 aromatic rings. The molecule has 0 bridgehead atoms. The highest BCUT2D eigenvalue weighted by atomic mass is 32.2. The zero-order valence-electron chi connectivity index (χ0n) is 18.4. The lowest BCUT2D eigenvalue weighted by molar-refractivity contribution is -0.137. The number of aryl methyl sites for hydroxylation is 2. The predicted octanol–water partition coefficient (Wildman–Crippen LogP) is 5.69. The van der Waals surface area contributed by atoms with Crippen LogP contribution in [0.3, 0.4) is 0 Å². The fourth-order valence-corrected chi connectivity index (χ4v) is 5.20. The molecule has 0 saturated heterocycles. The number of halogens is 3. The van der Waals surface area contributed by atoms with Crippen molar-refractivity contribution in [3.8, 4) is 0 Å². The Morgan fingerprint density at radius 2 is 1.24 bits per heavy atom. The Labute approximate surface area is 191 Å². The van der Waals surface area contributed by atoms with Gasteiger partial charge >= 0.3 is 6.18 Å². The van der Waals surface area contributed by atoms with Crippen molar-refractivity contribution < 1.29 is 26.4 Å². The zero-order chi connectivity index (χ0) is 24.4. The van der Waals surface area contributed by atoms with Crippen molar-refractivity contribution in [1.29, 1.82) is 0 Å². The highest BCUT2D eigenvalue weighted by Gasteiger charge is 2.41. The van der Waals surface area contributed by atoms with Gasteiger partial charge in [0.05, 0.1) is 21.6 Å². The Morgan fingerprint density at radius 1 is 0.788 bits per heavy atom. The lowest BCUT2D eigenvalue weighted by Gasteiger charge is -2.29. The van der Waals surface area contributed by atoms with E-state index < -0.39 is 38.7 Å². The van der Waals surface area contributed by atoms with Crippen molar-refractivity contribution in [1.82, 2.24) is 0 Å². The summed E-state index contributed by atoms with van der Waals surface area (Å²) in [6, 6.07) is 17.3. The minimum atomic E-state index is -4.58. The first-order chi connectivity index (χ1) is 15.3. The molecule has 0 aliphatic heterocycles. The van der Waals surface area contributed by atoms with Crippen molar-refractivity contribution in [3.63, 3.8) is 0 Å². The van der Waals surface area contributed by atoms with Crippen LogP contribution in [0.15, 0.2) is 77.7 Å². The molecule has 3 aromatic carbocycles. The third kappa shape index (κ3) is 5.63. The summed E-state index contributed by atoms with van der Waals surface area (Å²) >= 11 is 0. The smallest absolute Gasteiger partial charge is 0.325 e. The fourth-order valence-electron chi connectivity index (χ4n) is 3.42. The largest absolute Gasteiger partial charge is 0.416 e. The minimum Gasteiger partial charge on any atom is -0.325 e. The molecule has 0 fully saturated rings. The summed E-state index contributed by atoms with van der Waals surface area (Å²) < 4.78 is 65.0. The van der Waals surface area contributed by atoms with Gasteiger partial charge in [-0.05, 0) is 62.7 Å². The van der Waals surface area contributed by atoms with Crippen LogP contribution in [-0.4, -0.2) is 20.1 Å². The molecule has 33 heavy (non-hydrogen) atoms. The Hall–Kier alpha value is -3.13. The number of hydrogen-bond donors (Lipinski definition) is 1. The van der Waals surface area contributed by atoms with Crippen LogP contribution in [0.1, 0.15) is 29.2 Å². The first kappa shape index (κ1) is 24.5. The molecule has 0 aromatic heterocycles. The number of carbonyl (C=O) groups is 1. The Balaban J connectivity index is 1.99. The second-order valence-corrected chi connectivity index (χ2v) is 10.3. The molecule has 0 spiro atoms. The summed E-state index contributed by atoms with van der Waals surface area (Å²) in [5.74, 6) is -1.16. The van der Waals surface area contributed by atoms with Crippen LogP contribution in [0.5, 0.6) is 0 Å². The molecule has 1 amide bonds. The number of carbonyl (C=O) groups excluding carboxylic acids is 1. The molecule has 0 aliphatic carbocycles. The van der Waals surface area contributed by atoms with E-state index in [4.69, 9.17) is 0 Å². The number of hydrogen-bond acceptors (Lipinski definition) is 3. The topological polar surface area (TPSA) is 63.2 Å². The third-order valence-corrected chi connectivity index (χ3v) is 7.47. The molecule has 3 rings (SSSR count). The molecule has 0 heterocycles. The maximum absolute atomic E-state index is 13.4. The van der Waals surface area contributed by atoms with Crippen molar-refractivity contribution >= 4 is 21.4 Å². The van der Waals surface area contributed by atoms with Gasteiger partial charge < -0.3 is 5.32 Å². The van der Waals surface area contributed by atoms with Gasteiger partial charge in [0, 0.05) is 5.69 Å². The number of nitrogens with one attached hydrogen (secondary N) is 1. The van der Waals surface area contributed by atoms with E-state index >= 15 is 0 Å². The quantitative estimate of drug-likeness (QED) is 0.498. The van der Waals surface area contributed by atoms with Crippen molar-refractivity contribution in [2.24, 2.45) is 0 Å². The third-order valence-electron chi connectivity index (χ3n) is 5.52. The zero-order valence-corrected chi connectivity index (χ0v) is 19.2. The van der Waals surface area contributed by atoms with Gasteiger partial charge in [-0.25, -0.2) is 8.42 Å². The molecule has 8 heteroatoms. The highest BCUT2D eigenvalue weighted by Crippen LogP contribution is 2.33.